The van der Waals surface area contributed by atoms with E-state index in [9.17, 15) is 4.79 Å². The van der Waals surface area contributed by atoms with E-state index in [1.807, 2.05) is 4.90 Å². The summed E-state index contributed by atoms with van der Waals surface area (Å²) in [5, 5.41) is 0.668. The van der Waals surface area contributed by atoms with Gasteiger partial charge in [-0.2, -0.15) is 0 Å². The van der Waals surface area contributed by atoms with Crippen LogP contribution in [0.25, 0.3) is 0 Å². The van der Waals surface area contributed by atoms with Crippen LogP contribution in [0.5, 0.6) is 0 Å². The van der Waals surface area contributed by atoms with Crippen molar-refractivity contribution in [2.24, 2.45) is 5.92 Å². The van der Waals surface area contributed by atoms with Gasteiger partial charge >= 0.3 is 0 Å². The van der Waals surface area contributed by atoms with E-state index in [4.69, 9.17) is 28.9 Å². The van der Waals surface area contributed by atoms with Crippen LogP contribution in [0.1, 0.15) is 43.5 Å². The van der Waals surface area contributed by atoms with Gasteiger partial charge in [-0.25, -0.2) is 0 Å². The lowest BCUT2D eigenvalue weighted by atomic mass is 10.1. The van der Waals surface area contributed by atoms with E-state index in [0.29, 0.717) is 33.3 Å². The maximum absolute atomic E-state index is 12.6. The molecular formula is C15H20Cl2N2O. The largest absolute Gasteiger partial charge is 0.396 e. The summed E-state index contributed by atoms with van der Waals surface area (Å²) >= 11 is 12.0. The molecule has 0 saturated heterocycles. The van der Waals surface area contributed by atoms with Gasteiger partial charge in [0.1, 0.15) is 0 Å². The molecule has 110 valence electrons. The third-order valence-corrected chi connectivity index (χ3v) is 4.15. The molecule has 0 unspecified atom stereocenters. The molecule has 1 aliphatic rings. The van der Waals surface area contributed by atoms with E-state index < -0.39 is 0 Å². The minimum absolute atomic E-state index is 0.00282. The van der Waals surface area contributed by atoms with Crippen molar-refractivity contribution in [1.29, 1.82) is 0 Å². The monoisotopic (exact) mass is 314 g/mol. The van der Waals surface area contributed by atoms with Crippen molar-refractivity contribution in [3.05, 3.63) is 27.7 Å². The van der Waals surface area contributed by atoms with Gasteiger partial charge in [-0.1, -0.05) is 37.0 Å². The van der Waals surface area contributed by atoms with Crippen LogP contribution in [-0.4, -0.2) is 23.4 Å². The highest BCUT2D eigenvalue weighted by molar-refractivity contribution is 6.39. The third-order valence-electron chi connectivity index (χ3n) is 3.52. The van der Waals surface area contributed by atoms with Crippen molar-refractivity contribution in [3.63, 3.8) is 0 Å². The highest BCUT2D eigenvalue weighted by Gasteiger charge is 2.33. The molecular weight excluding hydrogens is 295 g/mol. The predicted octanol–water partition coefficient (Wildman–Crippen LogP) is 4.23. The number of nitrogens with zero attached hydrogens (tertiary/aromatic N) is 1. The molecule has 3 nitrogen and oxygen atoms in total. The number of hydrogen-bond acceptors (Lipinski definition) is 2. The average molecular weight is 315 g/mol. The number of carbonyl (C=O) groups excluding carboxylic acids is 1. The van der Waals surface area contributed by atoms with Crippen LogP contribution < -0.4 is 5.73 Å². The Kier molecular flexibility index (Phi) is 4.82. The number of rotatable bonds is 5. The summed E-state index contributed by atoms with van der Waals surface area (Å²) in [6.45, 7) is 5.10. The zero-order valence-corrected chi connectivity index (χ0v) is 13.3. The van der Waals surface area contributed by atoms with Crippen LogP contribution in [0, 0.1) is 5.92 Å². The van der Waals surface area contributed by atoms with Crippen molar-refractivity contribution >= 4 is 34.8 Å². The van der Waals surface area contributed by atoms with Gasteiger partial charge in [-0.05, 0) is 37.3 Å². The van der Waals surface area contributed by atoms with E-state index in [0.717, 1.165) is 25.8 Å². The normalized spacial score (nSPS) is 14.7. The summed E-state index contributed by atoms with van der Waals surface area (Å²) < 4.78 is 0. The molecule has 0 atom stereocenters. The fourth-order valence-electron chi connectivity index (χ4n) is 2.11. The zero-order valence-electron chi connectivity index (χ0n) is 11.8. The number of carbonyl (C=O) groups is 1. The lowest BCUT2D eigenvalue weighted by Crippen LogP contribution is -2.34. The van der Waals surface area contributed by atoms with Crippen LogP contribution in [0.3, 0.4) is 0 Å². The van der Waals surface area contributed by atoms with Gasteiger partial charge in [0.15, 0.2) is 0 Å². The van der Waals surface area contributed by atoms with E-state index >= 15 is 0 Å². The van der Waals surface area contributed by atoms with Crippen LogP contribution >= 0.6 is 23.2 Å². The van der Waals surface area contributed by atoms with Crippen LogP contribution in [0.4, 0.5) is 5.69 Å². The molecule has 20 heavy (non-hydrogen) atoms. The standard InChI is InChI=1S/C15H20Cl2N2O/c1-9(2)5-6-19(11-3-4-11)15(20)10-7-12(16)14(18)13(17)8-10/h7-9,11H,3-6,18H2,1-2H3. The molecule has 2 N–H and O–H groups in total. The highest BCUT2D eigenvalue weighted by Crippen LogP contribution is 2.32. The van der Waals surface area contributed by atoms with Crippen LogP contribution in [0.2, 0.25) is 10.0 Å². The topological polar surface area (TPSA) is 46.3 Å². The summed E-state index contributed by atoms with van der Waals surface area (Å²) in [5.41, 5.74) is 6.55. The number of amides is 1. The second kappa shape index (κ2) is 6.23. The van der Waals surface area contributed by atoms with Gasteiger partial charge in [-0.15, -0.1) is 0 Å². The fourth-order valence-corrected chi connectivity index (χ4v) is 2.59. The Balaban J connectivity index is 2.19. The molecule has 0 heterocycles. The molecule has 0 radical (unpaired) electrons. The van der Waals surface area contributed by atoms with Crippen molar-refractivity contribution in [2.45, 2.75) is 39.2 Å². The Hall–Kier alpha value is -0.930. The molecule has 5 heteroatoms. The van der Waals surface area contributed by atoms with Gasteiger partial charge in [0.25, 0.3) is 5.91 Å². The Morgan fingerprint density at radius 3 is 2.35 bits per heavy atom. The SMILES string of the molecule is CC(C)CCN(C(=O)c1cc(Cl)c(N)c(Cl)c1)C1CC1. The lowest BCUT2D eigenvalue weighted by molar-refractivity contribution is 0.0735. The Morgan fingerprint density at radius 1 is 1.35 bits per heavy atom. The highest BCUT2D eigenvalue weighted by atomic mass is 35.5. The fraction of sp³-hybridized carbons (Fsp3) is 0.533. The minimum Gasteiger partial charge on any atom is -0.396 e. The summed E-state index contributed by atoms with van der Waals surface area (Å²) in [4.78, 5) is 14.6. The van der Waals surface area contributed by atoms with E-state index in [-0.39, 0.29) is 5.91 Å². The Morgan fingerprint density at radius 2 is 1.90 bits per heavy atom. The number of benzene rings is 1. The summed E-state index contributed by atoms with van der Waals surface area (Å²) in [6.07, 6.45) is 3.17. The summed E-state index contributed by atoms with van der Waals surface area (Å²) in [5.74, 6) is 0.569. The molecule has 1 aliphatic carbocycles. The Labute approximate surface area is 130 Å². The first-order chi connectivity index (χ1) is 9.40. The first-order valence-electron chi connectivity index (χ1n) is 6.95. The molecule has 1 fully saturated rings. The number of anilines is 1. The van der Waals surface area contributed by atoms with E-state index in [1.54, 1.807) is 12.1 Å². The van der Waals surface area contributed by atoms with Gasteiger partial charge in [0, 0.05) is 18.2 Å². The van der Waals surface area contributed by atoms with Gasteiger partial charge in [0.05, 0.1) is 15.7 Å². The number of nitrogens with two attached hydrogens (primary N) is 1. The van der Waals surface area contributed by atoms with E-state index in [2.05, 4.69) is 13.8 Å². The zero-order chi connectivity index (χ0) is 14.9. The third kappa shape index (κ3) is 3.58. The first kappa shape index (κ1) is 15.5. The second-order valence-corrected chi connectivity index (χ2v) is 6.58. The van der Waals surface area contributed by atoms with Crippen LogP contribution in [-0.2, 0) is 0 Å². The second-order valence-electron chi connectivity index (χ2n) is 5.77. The Bertz CT molecular complexity index is 490. The van der Waals surface area contributed by atoms with Crippen molar-refractivity contribution in [3.8, 4) is 0 Å². The van der Waals surface area contributed by atoms with E-state index in [1.165, 1.54) is 0 Å². The molecule has 0 aliphatic heterocycles. The quantitative estimate of drug-likeness (QED) is 0.827. The number of halogens is 2. The number of nitrogen functional groups attached to an aromatic ring is 1. The van der Waals surface area contributed by atoms with Gasteiger partial charge in [0.2, 0.25) is 0 Å². The average Bonchev–Trinajstić information content (AvgIpc) is 3.19. The van der Waals surface area contributed by atoms with Crippen molar-refractivity contribution in [2.75, 3.05) is 12.3 Å². The molecule has 1 aromatic carbocycles. The molecule has 1 amide bonds. The molecule has 2 rings (SSSR count). The molecule has 1 saturated carbocycles. The van der Waals surface area contributed by atoms with Crippen molar-refractivity contribution < 1.29 is 4.79 Å². The molecule has 1 aromatic rings. The molecule has 0 bridgehead atoms. The summed E-state index contributed by atoms with van der Waals surface area (Å²) in [7, 11) is 0. The van der Waals surface area contributed by atoms with Gasteiger partial charge in [-0.3, -0.25) is 4.79 Å². The maximum atomic E-state index is 12.6. The maximum Gasteiger partial charge on any atom is 0.254 e. The van der Waals surface area contributed by atoms with Crippen LogP contribution in [0.15, 0.2) is 12.1 Å². The minimum atomic E-state index is -0.00282. The first-order valence-corrected chi connectivity index (χ1v) is 7.71. The predicted molar refractivity (Wildman–Crippen MR) is 84.4 cm³/mol. The number of hydrogen-bond donors (Lipinski definition) is 1. The molecule has 0 spiro atoms. The smallest absolute Gasteiger partial charge is 0.254 e. The van der Waals surface area contributed by atoms with Gasteiger partial charge < -0.3 is 10.6 Å². The summed E-state index contributed by atoms with van der Waals surface area (Å²) in [6, 6.07) is 3.59. The molecule has 0 aromatic heterocycles. The lowest BCUT2D eigenvalue weighted by Gasteiger charge is -2.24. The van der Waals surface area contributed by atoms with Crippen molar-refractivity contribution in [1.82, 2.24) is 4.90 Å².